The van der Waals surface area contributed by atoms with Crippen LogP contribution in [0.15, 0.2) is 40.6 Å². The molecule has 5 nitrogen and oxygen atoms in total. The SMILES string of the molecule is CCOC(=O)N=NC(=O)Cc1ccccc1. The van der Waals surface area contributed by atoms with E-state index in [4.69, 9.17) is 0 Å². The van der Waals surface area contributed by atoms with Crippen molar-refractivity contribution in [1.29, 1.82) is 0 Å². The summed E-state index contributed by atoms with van der Waals surface area (Å²) in [4.78, 5) is 22.0. The molecular weight excluding hydrogens is 208 g/mol. The van der Waals surface area contributed by atoms with Gasteiger partial charge in [-0.15, -0.1) is 5.11 Å². The molecule has 0 aromatic heterocycles. The van der Waals surface area contributed by atoms with Gasteiger partial charge >= 0.3 is 6.09 Å². The van der Waals surface area contributed by atoms with Crippen molar-refractivity contribution < 1.29 is 14.3 Å². The number of rotatable bonds is 3. The third-order valence-electron chi connectivity index (χ3n) is 1.71. The Bertz CT molecular complexity index is 387. The maximum Gasteiger partial charge on any atom is 0.452 e. The monoisotopic (exact) mass is 220 g/mol. The second kappa shape index (κ2) is 6.44. The van der Waals surface area contributed by atoms with Gasteiger partial charge in [-0.3, -0.25) is 4.79 Å². The highest BCUT2D eigenvalue weighted by Crippen LogP contribution is 2.01. The van der Waals surface area contributed by atoms with Gasteiger partial charge in [-0.2, -0.15) is 0 Å². The molecule has 0 aliphatic heterocycles. The Labute approximate surface area is 93.1 Å². The molecule has 0 atom stereocenters. The summed E-state index contributed by atoms with van der Waals surface area (Å²) < 4.78 is 4.49. The van der Waals surface area contributed by atoms with Crippen LogP contribution in [0.2, 0.25) is 0 Å². The van der Waals surface area contributed by atoms with Crippen LogP contribution in [0.4, 0.5) is 4.79 Å². The molecule has 1 rings (SSSR count). The van der Waals surface area contributed by atoms with Crippen LogP contribution in [0.25, 0.3) is 0 Å². The van der Waals surface area contributed by atoms with Crippen molar-refractivity contribution in [2.45, 2.75) is 13.3 Å². The lowest BCUT2D eigenvalue weighted by molar-refractivity contribution is -0.117. The number of carbonyl (C=O) groups is 2. The molecular formula is C11H12N2O3. The Balaban J connectivity index is 2.45. The maximum absolute atomic E-state index is 11.3. The molecule has 0 saturated heterocycles. The smallest absolute Gasteiger partial charge is 0.447 e. The number of carbonyl (C=O) groups excluding carboxylic acids is 2. The van der Waals surface area contributed by atoms with Crippen molar-refractivity contribution >= 4 is 12.0 Å². The van der Waals surface area contributed by atoms with Crippen molar-refractivity contribution in [2.24, 2.45) is 10.2 Å². The van der Waals surface area contributed by atoms with Gasteiger partial charge in [-0.1, -0.05) is 35.4 Å². The van der Waals surface area contributed by atoms with Crippen molar-refractivity contribution in [3.8, 4) is 0 Å². The largest absolute Gasteiger partial charge is 0.452 e. The molecule has 0 heterocycles. The first kappa shape index (κ1) is 12.0. The molecule has 2 amide bonds. The lowest BCUT2D eigenvalue weighted by Crippen LogP contribution is -2.01. The van der Waals surface area contributed by atoms with Crippen molar-refractivity contribution in [1.82, 2.24) is 0 Å². The van der Waals surface area contributed by atoms with Crippen molar-refractivity contribution in [3.05, 3.63) is 35.9 Å². The second-order valence-corrected chi connectivity index (χ2v) is 2.96. The molecule has 0 radical (unpaired) electrons. The molecule has 0 fully saturated rings. The fourth-order valence-corrected chi connectivity index (χ4v) is 1.05. The van der Waals surface area contributed by atoms with E-state index in [0.717, 1.165) is 5.56 Å². The number of benzene rings is 1. The topological polar surface area (TPSA) is 68.1 Å². The predicted molar refractivity (Wildman–Crippen MR) is 57.0 cm³/mol. The summed E-state index contributed by atoms with van der Waals surface area (Å²) >= 11 is 0. The Morgan fingerprint density at radius 2 is 1.88 bits per heavy atom. The summed E-state index contributed by atoms with van der Waals surface area (Å²) in [6.07, 6.45) is -0.715. The fraction of sp³-hybridized carbons (Fsp3) is 0.273. The van der Waals surface area contributed by atoms with Crippen molar-refractivity contribution in [3.63, 3.8) is 0 Å². The predicted octanol–water partition coefficient (Wildman–Crippen LogP) is 2.36. The van der Waals surface area contributed by atoms with Crippen LogP contribution < -0.4 is 0 Å². The van der Waals surface area contributed by atoms with E-state index in [1.54, 1.807) is 19.1 Å². The van der Waals surface area contributed by atoms with E-state index >= 15 is 0 Å². The first-order valence-electron chi connectivity index (χ1n) is 4.87. The first-order valence-corrected chi connectivity index (χ1v) is 4.87. The summed E-state index contributed by atoms with van der Waals surface area (Å²) in [5.74, 6) is -0.473. The number of amides is 2. The Morgan fingerprint density at radius 3 is 2.50 bits per heavy atom. The van der Waals surface area contributed by atoms with Gasteiger partial charge in [-0.25, -0.2) is 4.79 Å². The number of hydrogen-bond acceptors (Lipinski definition) is 3. The number of azo groups is 1. The standard InChI is InChI=1S/C11H12N2O3/c1-2-16-11(15)13-12-10(14)8-9-6-4-3-5-7-9/h3-7H,2,8H2,1H3. The van der Waals surface area contributed by atoms with Gasteiger partial charge in [0.2, 0.25) is 0 Å². The van der Waals surface area contributed by atoms with Gasteiger partial charge in [0.05, 0.1) is 13.0 Å². The van der Waals surface area contributed by atoms with Gasteiger partial charge in [0.15, 0.2) is 0 Å². The summed E-state index contributed by atoms with van der Waals surface area (Å²) in [6.45, 7) is 1.87. The Kier molecular flexibility index (Phi) is 4.85. The highest BCUT2D eigenvalue weighted by atomic mass is 16.5. The van der Waals surface area contributed by atoms with Crippen LogP contribution in [-0.4, -0.2) is 18.6 Å². The molecule has 0 bridgehead atoms. The molecule has 0 N–H and O–H groups in total. The number of ether oxygens (including phenoxy) is 1. The van der Waals surface area contributed by atoms with E-state index in [1.807, 2.05) is 18.2 Å². The van der Waals surface area contributed by atoms with E-state index in [2.05, 4.69) is 15.0 Å². The zero-order valence-electron chi connectivity index (χ0n) is 8.92. The number of hydrogen-bond donors (Lipinski definition) is 0. The van der Waals surface area contributed by atoms with E-state index in [1.165, 1.54) is 0 Å². The average molecular weight is 220 g/mol. The molecule has 84 valence electrons. The number of nitrogens with zero attached hydrogens (tertiary/aromatic N) is 2. The molecule has 0 spiro atoms. The lowest BCUT2D eigenvalue weighted by Gasteiger charge is -1.95. The van der Waals surface area contributed by atoms with Gasteiger partial charge in [-0.05, 0) is 12.5 Å². The van der Waals surface area contributed by atoms with Gasteiger partial charge < -0.3 is 4.74 Å². The zero-order valence-corrected chi connectivity index (χ0v) is 8.92. The Hall–Kier alpha value is -2.04. The summed E-state index contributed by atoms with van der Waals surface area (Å²) in [5, 5.41) is 6.37. The minimum Gasteiger partial charge on any atom is -0.447 e. The summed E-state index contributed by atoms with van der Waals surface area (Å²) in [7, 11) is 0. The third kappa shape index (κ3) is 4.45. The second-order valence-electron chi connectivity index (χ2n) is 2.96. The molecule has 1 aromatic carbocycles. The first-order chi connectivity index (χ1) is 7.72. The zero-order chi connectivity index (χ0) is 11.8. The average Bonchev–Trinajstić information content (AvgIpc) is 2.28. The van der Waals surface area contributed by atoms with E-state index in [-0.39, 0.29) is 13.0 Å². The van der Waals surface area contributed by atoms with E-state index in [0.29, 0.717) is 0 Å². The highest BCUT2D eigenvalue weighted by Gasteiger charge is 2.03. The minimum absolute atomic E-state index is 0.129. The molecule has 0 aliphatic rings. The molecule has 5 heteroatoms. The summed E-state index contributed by atoms with van der Waals surface area (Å²) in [5.41, 5.74) is 0.829. The molecule has 1 aromatic rings. The van der Waals surface area contributed by atoms with Gasteiger partial charge in [0.1, 0.15) is 0 Å². The third-order valence-corrected chi connectivity index (χ3v) is 1.71. The normalized spacial score (nSPS) is 10.3. The van der Waals surface area contributed by atoms with Crippen molar-refractivity contribution in [2.75, 3.05) is 6.61 Å². The Morgan fingerprint density at radius 1 is 1.19 bits per heavy atom. The fourth-order valence-electron chi connectivity index (χ4n) is 1.05. The van der Waals surface area contributed by atoms with Gasteiger partial charge in [0.25, 0.3) is 5.91 Å². The van der Waals surface area contributed by atoms with Gasteiger partial charge in [0, 0.05) is 0 Å². The minimum atomic E-state index is -0.844. The van der Waals surface area contributed by atoms with Crippen LogP contribution in [0.1, 0.15) is 12.5 Å². The quantitative estimate of drug-likeness (QED) is 0.734. The van der Waals surface area contributed by atoms with Crippen LogP contribution >= 0.6 is 0 Å². The molecule has 0 unspecified atom stereocenters. The molecule has 0 aliphatic carbocycles. The maximum atomic E-state index is 11.3. The molecule has 0 saturated carbocycles. The van der Waals surface area contributed by atoms with Crippen LogP contribution in [0.3, 0.4) is 0 Å². The van der Waals surface area contributed by atoms with Crippen LogP contribution in [0.5, 0.6) is 0 Å². The van der Waals surface area contributed by atoms with Crippen LogP contribution in [-0.2, 0) is 16.0 Å². The lowest BCUT2D eigenvalue weighted by atomic mass is 10.1. The van der Waals surface area contributed by atoms with Crippen LogP contribution in [0, 0.1) is 0 Å². The van der Waals surface area contributed by atoms with E-state index < -0.39 is 12.0 Å². The summed E-state index contributed by atoms with van der Waals surface area (Å²) in [6, 6.07) is 9.11. The van der Waals surface area contributed by atoms with E-state index in [9.17, 15) is 9.59 Å². The molecule has 16 heavy (non-hydrogen) atoms. The highest BCUT2D eigenvalue weighted by molar-refractivity contribution is 5.80.